The summed E-state index contributed by atoms with van der Waals surface area (Å²) in [5, 5.41) is 22.1. The van der Waals surface area contributed by atoms with Crippen LogP contribution >= 0.6 is 11.8 Å². The number of carbonyl (C=O) groups excluding carboxylic acids is 2. The van der Waals surface area contributed by atoms with Crippen LogP contribution in [-0.4, -0.2) is 64.1 Å². The molecule has 0 radical (unpaired) electrons. The van der Waals surface area contributed by atoms with E-state index in [1.807, 2.05) is 6.26 Å². The summed E-state index contributed by atoms with van der Waals surface area (Å²) in [6.07, 6.45) is 1.33. The van der Waals surface area contributed by atoms with Gasteiger partial charge in [0.05, 0.1) is 12.5 Å². The van der Waals surface area contributed by atoms with Crippen LogP contribution in [0.2, 0.25) is 0 Å². The van der Waals surface area contributed by atoms with Gasteiger partial charge < -0.3 is 26.6 Å². The quantitative estimate of drug-likeness (QED) is 0.326. The smallest absolute Gasteiger partial charge is 0.326 e. The molecule has 3 atom stereocenters. The highest BCUT2D eigenvalue weighted by molar-refractivity contribution is 7.98. The van der Waals surface area contributed by atoms with Gasteiger partial charge in [0.2, 0.25) is 11.8 Å². The third-order valence-corrected chi connectivity index (χ3v) is 3.29. The Morgan fingerprint density at radius 2 is 1.64 bits per heavy atom. The highest BCUT2D eigenvalue weighted by Crippen LogP contribution is 2.03. The van der Waals surface area contributed by atoms with E-state index in [4.69, 9.17) is 15.9 Å². The molecule has 0 aliphatic rings. The van der Waals surface area contributed by atoms with Crippen LogP contribution < -0.4 is 16.4 Å². The van der Waals surface area contributed by atoms with Crippen molar-refractivity contribution in [2.24, 2.45) is 5.73 Å². The number of carbonyl (C=O) groups is 4. The van der Waals surface area contributed by atoms with Gasteiger partial charge in [-0.2, -0.15) is 11.8 Å². The molecule has 2 amide bonds. The first-order valence-corrected chi connectivity index (χ1v) is 7.88. The van der Waals surface area contributed by atoms with Crippen LogP contribution in [0, 0.1) is 0 Å². The number of nitrogens with two attached hydrogens (primary N) is 1. The SMILES string of the molecule is CSCCC(NC(=O)C(C)N)C(=O)NC(CC(=O)O)C(=O)O. The molecule has 0 fully saturated rings. The van der Waals surface area contributed by atoms with Gasteiger partial charge in [-0.1, -0.05) is 0 Å². The number of thioether (sulfide) groups is 1. The molecule has 0 bridgehead atoms. The molecule has 0 aromatic rings. The summed E-state index contributed by atoms with van der Waals surface area (Å²) >= 11 is 1.45. The first-order chi connectivity index (χ1) is 10.2. The summed E-state index contributed by atoms with van der Waals surface area (Å²) in [6.45, 7) is 1.45. The standard InChI is InChI=1S/C12H21N3O6S/c1-6(13)10(18)14-7(3-4-22-2)11(19)15-8(12(20)21)5-9(16)17/h6-8H,3-5,13H2,1-2H3,(H,14,18)(H,15,19)(H,16,17)(H,20,21). The molecule has 0 aromatic carbocycles. The van der Waals surface area contributed by atoms with Crippen LogP contribution in [0.5, 0.6) is 0 Å². The van der Waals surface area contributed by atoms with E-state index in [1.54, 1.807) is 0 Å². The van der Waals surface area contributed by atoms with Gasteiger partial charge in [0, 0.05) is 0 Å². The molecule has 0 aromatic heterocycles. The van der Waals surface area contributed by atoms with Gasteiger partial charge in [0.25, 0.3) is 0 Å². The van der Waals surface area contributed by atoms with Gasteiger partial charge in [-0.3, -0.25) is 14.4 Å². The van der Waals surface area contributed by atoms with Crippen molar-refractivity contribution in [2.45, 2.75) is 37.9 Å². The third kappa shape index (κ3) is 7.84. The lowest BCUT2D eigenvalue weighted by Gasteiger charge is -2.21. The lowest BCUT2D eigenvalue weighted by Crippen LogP contribution is -2.54. The summed E-state index contributed by atoms with van der Waals surface area (Å²) in [4.78, 5) is 45.2. The Hall–Kier alpha value is -1.81. The number of hydrogen-bond acceptors (Lipinski definition) is 6. The van der Waals surface area contributed by atoms with Crippen molar-refractivity contribution >= 4 is 35.5 Å². The Labute approximate surface area is 132 Å². The Balaban J connectivity index is 4.88. The summed E-state index contributed by atoms with van der Waals surface area (Å²) in [7, 11) is 0. The Morgan fingerprint density at radius 1 is 1.09 bits per heavy atom. The molecule has 0 saturated carbocycles. The van der Waals surface area contributed by atoms with Gasteiger partial charge in [0.1, 0.15) is 12.1 Å². The van der Waals surface area contributed by atoms with E-state index in [2.05, 4.69) is 10.6 Å². The first-order valence-electron chi connectivity index (χ1n) is 6.48. The Morgan fingerprint density at radius 3 is 2.05 bits per heavy atom. The molecule has 126 valence electrons. The maximum atomic E-state index is 12.1. The van der Waals surface area contributed by atoms with Gasteiger partial charge in [0.15, 0.2) is 0 Å². The lowest BCUT2D eigenvalue weighted by atomic mass is 10.1. The second-order valence-electron chi connectivity index (χ2n) is 4.63. The van der Waals surface area contributed by atoms with E-state index in [1.165, 1.54) is 18.7 Å². The van der Waals surface area contributed by atoms with E-state index >= 15 is 0 Å². The van der Waals surface area contributed by atoms with Crippen molar-refractivity contribution in [3.63, 3.8) is 0 Å². The number of carboxylic acid groups (broad SMARTS) is 2. The molecule has 0 aliphatic heterocycles. The molecular weight excluding hydrogens is 314 g/mol. The highest BCUT2D eigenvalue weighted by atomic mass is 32.2. The highest BCUT2D eigenvalue weighted by Gasteiger charge is 2.28. The molecule has 0 rings (SSSR count). The third-order valence-electron chi connectivity index (χ3n) is 2.65. The molecule has 0 aliphatic carbocycles. The zero-order chi connectivity index (χ0) is 17.3. The van der Waals surface area contributed by atoms with Crippen LogP contribution in [0.4, 0.5) is 0 Å². The number of rotatable bonds is 10. The average Bonchev–Trinajstić information content (AvgIpc) is 2.41. The van der Waals surface area contributed by atoms with Crippen molar-refractivity contribution in [1.82, 2.24) is 10.6 Å². The van der Waals surface area contributed by atoms with Crippen molar-refractivity contribution in [3.05, 3.63) is 0 Å². The van der Waals surface area contributed by atoms with Gasteiger partial charge in [-0.15, -0.1) is 0 Å². The monoisotopic (exact) mass is 335 g/mol. The predicted octanol–water partition coefficient (Wildman–Crippen LogP) is -1.38. The Bertz CT molecular complexity index is 429. The van der Waals surface area contributed by atoms with Crippen molar-refractivity contribution < 1.29 is 29.4 Å². The summed E-state index contributed by atoms with van der Waals surface area (Å²) in [6, 6.07) is -3.35. The molecule has 10 heteroatoms. The second-order valence-corrected chi connectivity index (χ2v) is 5.61. The topological polar surface area (TPSA) is 159 Å². The number of carboxylic acids is 2. The maximum Gasteiger partial charge on any atom is 0.326 e. The minimum absolute atomic E-state index is 0.269. The lowest BCUT2D eigenvalue weighted by molar-refractivity contribution is -0.147. The molecule has 0 saturated heterocycles. The van der Waals surface area contributed by atoms with E-state index < -0.39 is 48.3 Å². The molecule has 6 N–H and O–H groups in total. The summed E-state index contributed by atoms with van der Waals surface area (Å²) in [5.74, 6) is -3.57. The van der Waals surface area contributed by atoms with Crippen molar-refractivity contribution in [3.8, 4) is 0 Å². The van der Waals surface area contributed by atoms with Crippen LogP contribution in [0.1, 0.15) is 19.8 Å². The number of amides is 2. The summed E-state index contributed by atoms with van der Waals surface area (Å²) < 4.78 is 0. The van der Waals surface area contributed by atoms with Gasteiger partial charge in [-0.05, 0) is 25.4 Å². The Kier molecular flexibility index (Phi) is 9.18. The first kappa shape index (κ1) is 20.2. The van der Waals surface area contributed by atoms with E-state index in [-0.39, 0.29) is 6.42 Å². The minimum Gasteiger partial charge on any atom is -0.481 e. The van der Waals surface area contributed by atoms with Crippen LogP contribution in [0.15, 0.2) is 0 Å². The van der Waals surface area contributed by atoms with Crippen LogP contribution in [0.25, 0.3) is 0 Å². The van der Waals surface area contributed by atoms with Crippen LogP contribution in [-0.2, 0) is 19.2 Å². The normalized spacial score (nSPS) is 14.5. The van der Waals surface area contributed by atoms with Gasteiger partial charge in [-0.25, -0.2) is 4.79 Å². The van der Waals surface area contributed by atoms with Crippen molar-refractivity contribution in [2.75, 3.05) is 12.0 Å². The fourth-order valence-corrected chi connectivity index (χ4v) is 1.93. The molecule has 0 heterocycles. The molecular formula is C12H21N3O6S. The number of hydrogen-bond donors (Lipinski definition) is 5. The van der Waals surface area contributed by atoms with E-state index in [0.29, 0.717) is 5.75 Å². The average molecular weight is 335 g/mol. The molecule has 3 unspecified atom stereocenters. The zero-order valence-corrected chi connectivity index (χ0v) is 13.2. The fraction of sp³-hybridized carbons (Fsp3) is 0.667. The maximum absolute atomic E-state index is 12.1. The minimum atomic E-state index is -1.56. The van der Waals surface area contributed by atoms with Gasteiger partial charge >= 0.3 is 11.9 Å². The molecule has 0 spiro atoms. The number of aliphatic carboxylic acids is 2. The largest absolute Gasteiger partial charge is 0.481 e. The van der Waals surface area contributed by atoms with E-state index in [0.717, 1.165) is 0 Å². The fourth-order valence-electron chi connectivity index (χ4n) is 1.45. The zero-order valence-electron chi connectivity index (χ0n) is 12.4. The van der Waals surface area contributed by atoms with Crippen LogP contribution in [0.3, 0.4) is 0 Å². The summed E-state index contributed by atoms with van der Waals surface area (Å²) in [5.41, 5.74) is 5.41. The molecule has 9 nitrogen and oxygen atoms in total. The van der Waals surface area contributed by atoms with E-state index in [9.17, 15) is 19.2 Å². The number of nitrogens with one attached hydrogen (secondary N) is 2. The predicted molar refractivity (Wildman–Crippen MR) is 80.4 cm³/mol. The van der Waals surface area contributed by atoms with Crippen molar-refractivity contribution in [1.29, 1.82) is 0 Å². The molecule has 22 heavy (non-hydrogen) atoms. The second kappa shape index (κ2) is 10.0.